The minimum Gasteiger partial charge on any atom is -0.324 e. The van der Waals surface area contributed by atoms with Crippen LogP contribution in [0.4, 0.5) is 18.9 Å². The summed E-state index contributed by atoms with van der Waals surface area (Å²) in [6.07, 6.45) is -3.00. The Kier molecular flexibility index (Phi) is 4.32. The zero-order valence-corrected chi connectivity index (χ0v) is 12.6. The highest BCUT2D eigenvalue weighted by atomic mass is 19.4. The summed E-state index contributed by atoms with van der Waals surface area (Å²) in [4.78, 5) is 25.2. The number of halogens is 3. The number of hydrogen-bond donors (Lipinski definition) is 1. The zero-order chi connectivity index (χ0) is 16.7. The number of alkyl halides is 3. The number of nitrogens with zero attached hydrogens (tertiary/aromatic N) is 2. The van der Waals surface area contributed by atoms with Crippen LogP contribution in [0, 0.1) is 18.8 Å². The smallest absolute Gasteiger partial charge is 0.324 e. The molecule has 2 rings (SSSR count). The molecule has 0 aromatic carbocycles. The van der Waals surface area contributed by atoms with Gasteiger partial charge < -0.3 is 14.8 Å². The summed E-state index contributed by atoms with van der Waals surface area (Å²) in [5, 5.41) is 2.52. The van der Waals surface area contributed by atoms with Crippen molar-refractivity contribution >= 4 is 11.6 Å². The molecular formula is C14H18F3N3O2. The molecule has 1 aliphatic heterocycles. The van der Waals surface area contributed by atoms with Gasteiger partial charge in [-0.2, -0.15) is 13.2 Å². The number of carbonyl (C=O) groups is 1. The molecular weight excluding hydrogens is 299 g/mol. The van der Waals surface area contributed by atoms with Crippen LogP contribution in [0.3, 0.4) is 0 Å². The van der Waals surface area contributed by atoms with Gasteiger partial charge in [0.25, 0.3) is 5.56 Å². The lowest BCUT2D eigenvalue weighted by atomic mass is 9.94. The van der Waals surface area contributed by atoms with Gasteiger partial charge in [0.05, 0.1) is 17.5 Å². The van der Waals surface area contributed by atoms with Crippen molar-refractivity contribution < 1.29 is 18.0 Å². The molecule has 1 N–H and O–H groups in total. The van der Waals surface area contributed by atoms with Gasteiger partial charge in [-0.15, -0.1) is 0 Å². The van der Waals surface area contributed by atoms with E-state index in [4.69, 9.17) is 0 Å². The van der Waals surface area contributed by atoms with E-state index in [-0.39, 0.29) is 18.6 Å². The summed E-state index contributed by atoms with van der Waals surface area (Å²) in [6, 6.07) is 1.33. The van der Waals surface area contributed by atoms with Crippen molar-refractivity contribution in [2.45, 2.75) is 13.1 Å². The summed E-state index contributed by atoms with van der Waals surface area (Å²) in [5.74, 6) is -3.50. The van der Waals surface area contributed by atoms with Gasteiger partial charge in [-0.05, 0) is 19.5 Å². The highest BCUT2D eigenvalue weighted by Gasteiger charge is 2.51. The molecule has 1 amide bonds. The van der Waals surface area contributed by atoms with Gasteiger partial charge in [-0.25, -0.2) is 0 Å². The maximum Gasteiger partial charge on any atom is 0.393 e. The Morgan fingerprint density at radius 1 is 1.32 bits per heavy atom. The molecule has 2 atom stereocenters. The summed E-state index contributed by atoms with van der Waals surface area (Å²) in [6.45, 7) is 1.49. The van der Waals surface area contributed by atoms with Crippen molar-refractivity contribution in [2.75, 3.05) is 25.5 Å². The molecule has 0 unspecified atom stereocenters. The lowest BCUT2D eigenvalue weighted by molar-refractivity contribution is -0.182. The zero-order valence-electron chi connectivity index (χ0n) is 12.6. The van der Waals surface area contributed by atoms with E-state index in [0.717, 1.165) is 0 Å². The number of anilines is 1. The van der Waals surface area contributed by atoms with Gasteiger partial charge in [0, 0.05) is 32.4 Å². The summed E-state index contributed by atoms with van der Waals surface area (Å²) >= 11 is 0. The Labute approximate surface area is 125 Å². The van der Waals surface area contributed by atoms with Gasteiger partial charge in [-0.1, -0.05) is 0 Å². The monoisotopic (exact) mass is 317 g/mol. The van der Waals surface area contributed by atoms with Crippen molar-refractivity contribution in [3.8, 4) is 0 Å². The molecule has 0 saturated carbocycles. The lowest BCUT2D eigenvalue weighted by Gasteiger charge is -2.21. The normalized spacial score (nSPS) is 22.8. The van der Waals surface area contributed by atoms with Gasteiger partial charge in [0.2, 0.25) is 5.91 Å². The Morgan fingerprint density at radius 2 is 1.95 bits per heavy atom. The van der Waals surface area contributed by atoms with Crippen LogP contribution in [0.15, 0.2) is 17.1 Å². The number of nitrogens with one attached hydrogen (secondary N) is 1. The third kappa shape index (κ3) is 3.32. The molecule has 22 heavy (non-hydrogen) atoms. The molecule has 0 spiro atoms. The number of aromatic nitrogens is 1. The molecule has 1 aromatic heterocycles. The Bertz CT molecular complexity index is 639. The summed E-state index contributed by atoms with van der Waals surface area (Å²) < 4.78 is 40.4. The van der Waals surface area contributed by atoms with Crippen LogP contribution in [0.2, 0.25) is 0 Å². The maximum absolute atomic E-state index is 13.0. The third-order valence-electron chi connectivity index (χ3n) is 3.95. The van der Waals surface area contributed by atoms with Gasteiger partial charge in [-0.3, -0.25) is 9.59 Å². The molecule has 2 heterocycles. The predicted molar refractivity (Wildman–Crippen MR) is 75.6 cm³/mol. The van der Waals surface area contributed by atoms with Crippen LogP contribution in [0.5, 0.6) is 0 Å². The van der Waals surface area contributed by atoms with Crippen molar-refractivity contribution in [1.29, 1.82) is 0 Å². The van der Waals surface area contributed by atoms with Crippen molar-refractivity contribution in [3.05, 3.63) is 28.2 Å². The molecule has 1 fully saturated rings. The third-order valence-corrected chi connectivity index (χ3v) is 3.95. The van der Waals surface area contributed by atoms with E-state index in [1.165, 1.54) is 28.8 Å². The second kappa shape index (κ2) is 5.75. The van der Waals surface area contributed by atoms with Crippen LogP contribution in [0.1, 0.15) is 5.56 Å². The highest BCUT2D eigenvalue weighted by molar-refractivity contribution is 5.93. The molecule has 0 aliphatic carbocycles. The van der Waals surface area contributed by atoms with Crippen LogP contribution >= 0.6 is 0 Å². The van der Waals surface area contributed by atoms with Gasteiger partial charge in [0.1, 0.15) is 0 Å². The standard InChI is InChI=1S/C14H18F3N3O2/c1-8-4-12(21)20(3)7-11(8)18-13(22)9-5-19(2)6-10(9)14(15,16)17/h4,7,9-10H,5-6H2,1-3H3,(H,18,22)/t9-,10-/m1/s1. The lowest BCUT2D eigenvalue weighted by Crippen LogP contribution is -2.37. The molecule has 1 aromatic rings. The average molecular weight is 317 g/mol. The fourth-order valence-electron chi connectivity index (χ4n) is 2.68. The number of aryl methyl sites for hydroxylation is 2. The molecule has 0 radical (unpaired) electrons. The second-order valence-corrected chi connectivity index (χ2v) is 5.78. The number of rotatable bonds is 2. The number of pyridine rings is 1. The van der Waals surface area contributed by atoms with E-state index in [2.05, 4.69) is 5.32 Å². The Hall–Kier alpha value is -1.83. The summed E-state index contributed by atoms with van der Waals surface area (Å²) in [5.41, 5.74) is 0.623. The van der Waals surface area contributed by atoms with Crippen molar-refractivity contribution in [2.24, 2.45) is 18.9 Å². The minimum atomic E-state index is -4.41. The Balaban J connectivity index is 2.22. The van der Waals surface area contributed by atoms with Gasteiger partial charge in [0.15, 0.2) is 0 Å². The van der Waals surface area contributed by atoms with Crippen LogP contribution in [-0.4, -0.2) is 41.7 Å². The fraction of sp³-hybridized carbons (Fsp3) is 0.571. The fourth-order valence-corrected chi connectivity index (χ4v) is 2.68. The van der Waals surface area contributed by atoms with E-state index >= 15 is 0 Å². The van der Waals surface area contributed by atoms with Gasteiger partial charge >= 0.3 is 6.18 Å². The van der Waals surface area contributed by atoms with Crippen molar-refractivity contribution in [1.82, 2.24) is 9.47 Å². The predicted octanol–water partition coefficient (Wildman–Crippen LogP) is 1.37. The van der Waals surface area contributed by atoms with E-state index < -0.39 is 23.9 Å². The quantitative estimate of drug-likeness (QED) is 0.896. The van der Waals surface area contributed by atoms with Crippen LogP contribution < -0.4 is 10.9 Å². The van der Waals surface area contributed by atoms with E-state index in [9.17, 15) is 22.8 Å². The minimum absolute atomic E-state index is 0.0564. The first-order valence-corrected chi connectivity index (χ1v) is 6.83. The SMILES string of the molecule is Cc1cc(=O)n(C)cc1NC(=O)[C@@H]1CN(C)C[C@H]1C(F)(F)F. The largest absolute Gasteiger partial charge is 0.393 e. The second-order valence-electron chi connectivity index (χ2n) is 5.78. The van der Waals surface area contributed by atoms with Crippen molar-refractivity contribution in [3.63, 3.8) is 0 Å². The number of hydrogen-bond acceptors (Lipinski definition) is 3. The molecule has 8 heteroatoms. The number of amides is 1. The first-order chi connectivity index (χ1) is 10.1. The maximum atomic E-state index is 13.0. The number of likely N-dealkylation sites (tertiary alicyclic amines) is 1. The van der Waals surface area contributed by atoms with E-state index in [1.54, 1.807) is 14.0 Å². The Morgan fingerprint density at radius 3 is 2.55 bits per heavy atom. The summed E-state index contributed by atoms with van der Waals surface area (Å²) in [7, 11) is 3.07. The van der Waals surface area contributed by atoms with Crippen LogP contribution in [-0.2, 0) is 11.8 Å². The van der Waals surface area contributed by atoms with Crippen LogP contribution in [0.25, 0.3) is 0 Å². The van der Waals surface area contributed by atoms with E-state index in [1.807, 2.05) is 0 Å². The first-order valence-electron chi connectivity index (χ1n) is 6.83. The molecule has 1 saturated heterocycles. The van der Waals surface area contributed by atoms with E-state index in [0.29, 0.717) is 11.3 Å². The topological polar surface area (TPSA) is 54.3 Å². The molecule has 5 nitrogen and oxygen atoms in total. The highest BCUT2D eigenvalue weighted by Crippen LogP contribution is 2.37. The average Bonchev–Trinajstić information content (AvgIpc) is 2.78. The molecule has 0 bridgehead atoms. The number of carbonyl (C=O) groups excluding carboxylic acids is 1. The molecule has 1 aliphatic rings. The molecule has 122 valence electrons. The first kappa shape index (κ1) is 16.5.